The molecule has 0 aliphatic carbocycles. The summed E-state index contributed by atoms with van der Waals surface area (Å²) in [6.07, 6.45) is 0. The molecule has 1 atom stereocenters. The standard InChI is InChI=1S/C20H15N5O3/c1-13-18(20(26)24(23-13)15-7-3-2-4-8-15)19(14(11-21)12-22)16-9-5-6-10-17(16)25(27)28/h2-10,14,19,23H,1H3/t19-/m0/s1. The molecular formula is C20H15N5O3. The van der Waals surface area contributed by atoms with E-state index in [-0.39, 0.29) is 16.8 Å². The highest BCUT2D eigenvalue weighted by Gasteiger charge is 2.35. The smallest absolute Gasteiger partial charge is 0.275 e. The fraction of sp³-hybridized carbons (Fsp3) is 0.150. The fourth-order valence-corrected chi connectivity index (χ4v) is 3.28. The van der Waals surface area contributed by atoms with E-state index in [0.29, 0.717) is 11.4 Å². The molecule has 0 saturated carbocycles. The summed E-state index contributed by atoms with van der Waals surface area (Å²) >= 11 is 0. The van der Waals surface area contributed by atoms with Crippen LogP contribution in [-0.4, -0.2) is 14.7 Å². The van der Waals surface area contributed by atoms with E-state index in [2.05, 4.69) is 5.10 Å². The van der Waals surface area contributed by atoms with E-state index >= 15 is 0 Å². The first-order chi connectivity index (χ1) is 13.5. The summed E-state index contributed by atoms with van der Waals surface area (Å²) in [7, 11) is 0. The number of nitrogens with one attached hydrogen (secondary N) is 1. The molecule has 28 heavy (non-hydrogen) atoms. The van der Waals surface area contributed by atoms with Crippen LogP contribution in [-0.2, 0) is 0 Å². The molecular weight excluding hydrogens is 358 g/mol. The summed E-state index contributed by atoms with van der Waals surface area (Å²) in [6.45, 7) is 1.64. The Balaban J connectivity index is 2.30. The largest absolute Gasteiger partial charge is 0.295 e. The van der Waals surface area contributed by atoms with Crippen LogP contribution in [0, 0.1) is 45.6 Å². The van der Waals surface area contributed by atoms with E-state index in [0.717, 1.165) is 0 Å². The summed E-state index contributed by atoms with van der Waals surface area (Å²) in [5.74, 6) is -2.34. The van der Waals surface area contributed by atoms with Crippen LogP contribution in [0.5, 0.6) is 0 Å². The van der Waals surface area contributed by atoms with Gasteiger partial charge in [0.15, 0.2) is 0 Å². The summed E-state index contributed by atoms with van der Waals surface area (Å²) in [5, 5.41) is 33.4. The minimum absolute atomic E-state index is 0.153. The highest BCUT2D eigenvalue weighted by molar-refractivity contribution is 5.50. The monoisotopic (exact) mass is 373 g/mol. The molecule has 0 bridgehead atoms. The third-order valence-corrected chi connectivity index (χ3v) is 4.52. The van der Waals surface area contributed by atoms with Crippen LogP contribution in [0.2, 0.25) is 0 Å². The van der Waals surface area contributed by atoms with Crippen molar-refractivity contribution in [2.24, 2.45) is 5.92 Å². The molecule has 0 radical (unpaired) electrons. The minimum Gasteiger partial charge on any atom is -0.295 e. The molecule has 0 fully saturated rings. The van der Waals surface area contributed by atoms with Gasteiger partial charge in [0.05, 0.1) is 28.7 Å². The second-order valence-electron chi connectivity index (χ2n) is 6.16. The van der Waals surface area contributed by atoms with Gasteiger partial charge in [-0.2, -0.15) is 10.5 Å². The Morgan fingerprint density at radius 3 is 2.29 bits per heavy atom. The second-order valence-corrected chi connectivity index (χ2v) is 6.16. The molecule has 0 aliphatic rings. The number of aryl methyl sites for hydroxylation is 1. The van der Waals surface area contributed by atoms with Crippen LogP contribution >= 0.6 is 0 Å². The number of aromatic amines is 1. The van der Waals surface area contributed by atoms with Gasteiger partial charge in [-0.1, -0.05) is 36.4 Å². The highest BCUT2D eigenvalue weighted by atomic mass is 16.6. The van der Waals surface area contributed by atoms with Crippen molar-refractivity contribution >= 4 is 5.69 Å². The second kappa shape index (κ2) is 7.60. The number of nitro benzene ring substituents is 1. The van der Waals surface area contributed by atoms with E-state index in [1.54, 1.807) is 37.3 Å². The van der Waals surface area contributed by atoms with Crippen molar-refractivity contribution in [1.82, 2.24) is 9.78 Å². The van der Waals surface area contributed by atoms with Gasteiger partial charge < -0.3 is 0 Å². The predicted molar refractivity (Wildman–Crippen MR) is 101 cm³/mol. The number of nitriles is 2. The number of para-hydroxylation sites is 2. The van der Waals surface area contributed by atoms with Gasteiger partial charge in [0, 0.05) is 22.9 Å². The minimum atomic E-state index is -1.27. The number of nitro groups is 1. The molecule has 3 rings (SSSR count). The van der Waals surface area contributed by atoms with Crippen molar-refractivity contribution in [3.8, 4) is 17.8 Å². The molecule has 8 nitrogen and oxygen atoms in total. The van der Waals surface area contributed by atoms with Crippen molar-refractivity contribution in [2.45, 2.75) is 12.8 Å². The fourth-order valence-electron chi connectivity index (χ4n) is 3.28. The van der Waals surface area contributed by atoms with E-state index in [4.69, 9.17) is 0 Å². The molecule has 1 heterocycles. The Hall–Kier alpha value is -4.17. The molecule has 0 amide bonds. The zero-order valence-electron chi connectivity index (χ0n) is 14.9. The van der Waals surface area contributed by atoms with Gasteiger partial charge in [0.2, 0.25) is 0 Å². The lowest BCUT2D eigenvalue weighted by molar-refractivity contribution is -0.385. The van der Waals surface area contributed by atoms with E-state index in [1.165, 1.54) is 22.9 Å². The van der Waals surface area contributed by atoms with E-state index < -0.39 is 22.3 Å². The Bertz CT molecular complexity index is 1150. The van der Waals surface area contributed by atoms with Crippen LogP contribution in [0.4, 0.5) is 5.69 Å². The summed E-state index contributed by atoms with van der Waals surface area (Å²) in [6, 6.07) is 18.4. The van der Waals surface area contributed by atoms with Crippen molar-refractivity contribution in [2.75, 3.05) is 0 Å². The number of aromatic nitrogens is 2. The number of benzene rings is 2. The predicted octanol–water partition coefficient (Wildman–Crippen LogP) is 3.18. The Kier molecular flexibility index (Phi) is 5.05. The first-order valence-electron chi connectivity index (χ1n) is 8.39. The average Bonchev–Trinajstić information content (AvgIpc) is 3.01. The quantitative estimate of drug-likeness (QED) is 0.542. The summed E-state index contributed by atoms with van der Waals surface area (Å²) in [5.41, 5.74) is 0.629. The number of hydrogen-bond acceptors (Lipinski definition) is 5. The summed E-state index contributed by atoms with van der Waals surface area (Å²) < 4.78 is 1.30. The van der Waals surface area contributed by atoms with E-state index in [1.807, 2.05) is 18.2 Å². The first-order valence-corrected chi connectivity index (χ1v) is 8.39. The maximum Gasteiger partial charge on any atom is 0.275 e. The van der Waals surface area contributed by atoms with Crippen molar-refractivity contribution in [3.05, 3.63) is 91.9 Å². The molecule has 8 heteroatoms. The molecule has 1 N–H and O–H groups in total. The number of nitrogens with zero attached hydrogens (tertiary/aromatic N) is 4. The first kappa shape index (κ1) is 18.6. The van der Waals surface area contributed by atoms with Gasteiger partial charge in [-0.05, 0) is 19.1 Å². The normalized spacial score (nSPS) is 11.6. The van der Waals surface area contributed by atoms with Gasteiger partial charge in [-0.15, -0.1) is 0 Å². The molecule has 0 unspecified atom stereocenters. The Morgan fingerprint density at radius 2 is 1.68 bits per heavy atom. The van der Waals surface area contributed by atoms with Crippen LogP contribution in [0.1, 0.15) is 22.7 Å². The average molecular weight is 373 g/mol. The molecule has 138 valence electrons. The SMILES string of the molecule is Cc1[nH]n(-c2ccccc2)c(=O)c1[C@H](c1ccccc1[N+](=O)[O-])C(C#N)C#N. The number of hydrogen-bond donors (Lipinski definition) is 1. The van der Waals surface area contributed by atoms with Gasteiger partial charge in [-0.25, -0.2) is 4.68 Å². The van der Waals surface area contributed by atoms with Crippen LogP contribution < -0.4 is 5.56 Å². The van der Waals surface area contributed by atoms with Gasteiger partial charge in [0.1, 0.15) is 5.92 Å². The van der Waals surface area contributed by atoms with Gasteiger partial charge in [0.25, 0.3) is 11.2 Å². The molecule has 0 aliphatic heterocycles. The molecule has 0 spiro atoms. The lowest BCUT2D eigenvalue weighted by atomic mass is 9.81. The van der Waals surface area contributed by atoms with E-state index in [9.17, 15) is 25.4 Å². The van der Waals surface area contributed by atoms with Gasteiger partial charge in [-0.3, -0.25) is 20.0 Å². The molecule has 3 aromatic rings. The van der Waals surface area contributed by atoms with Crippen LogP contribution in [0.15, 0.2) is 59.4 Å². The van der Waals surface area contributed by atoms with Crippen molar-refractivity contribution in [1.29, 1.82) is 10.5 Å². The topological polar surface area (TPSA) is 129 Å². The number of H-pyrrole nitrogens is 1. The van der Waals surface area contributed by atoms with Crippen molar-refractivity contribution < 1.29 is 4.92 Å². The van der Waals surface area contributed by atoms with Crippen LogP contribution in [0.3, 0.4) is 0 Å². The maximum atomic E-state index is 13.2. The Morgan fingerprint density at radius 1 is 1.07 bits per heavy atom. The zero-order chi connectivity index (χ0) is 20.3. The highest BCUT2D eigenvalue weighted by Crippen LogP contribution is 2.36. The molecule has 0 saturated heterocycles. The third-order valence-electron chi connectivity index (χ3n) is 4.52. The van der Waals surface area contributed by atoms with Crippen LogP contribution in [0.25, 0.3) is 5.69 Å². The lowest BCUT2D eigenvalue weighted by Gasteiger charge is -2.17. The number of rotatable bonds is 5. The summed E-state index contributed by atoms with van der Waals surface area (Å²) in [4.78, 5) is 24.1. The zero-order valence-corrected chi connectivity index (χ0v) is 14.9. The third kappa shape index (κ3) is 3.15. The van der Waals surface area contributed by atoms with Crippen molar-refractivity contribution in [3.63, 3.8) is 0 Å². The van der Waals surface area contributed by atoms with Gasteiger partial charge >= 0.3 is 0 Å². The molecule has 1 aromatic heterocycles. The molecule has 2 aromatic carbocycles. The maximum absolute atomic E-state index is 13.2. The lowest BCUT2D eigenvalue weighted by Crippen LogP contribution is -2.23. The Labute approximate surface area is 160 Å².